The molecule has 0 spiro atoms. The van der Waals surface area contributed by atoms with Crippen molar-refractivity contribution in [3.05, 3.63) is 48.6 Å². The maximum absolute atomic E-state index is 12.4. The van der Waals surface area contributed by atoms with E-state index in [9.17, 15) is 9.59 Å². The molecule has 2 aromatic rings. The van der Waals surface area contributed by atoms with Gasteiger partial charge >= 0.3 is 5.97 Å². The van der Waals surface area contributed by atoms with E-state index in [-0.39, 0.29) is 23.3 Å². The first-order valence-corrected chi connectivity index (χ1v) is 9.08. The van der Waals surface area contributed by atoms with Crippen LogP contribution in [0.1, 0.15) is 31.0 Å². The molecule has 27 heavy (non-hydrogen) atoms. The predicted molar refractivity (Wildman–Crippen MR) is 105 cm³/mol. The van der Waals surface area contributed by atoms with Gasteiger partial charge in [-0.3, -0.25) is 14.7 Å². The van der Waals surface area contributed by atoms with E-state index in [1.165, 1.54) is 6.21 Å². The van der Waals surface area contributed by atoms with Crippen molar-refractivity contribution in [2.45, 2.75) is 26.2 Å². The number of rotatable bonds is 8. The average molecular weight is 431 g/mol. The molecule has 0 aliphatic heterocycles. The number of aryl methyl sites for hydroxylation is 1. The molecule has 0 amide bonds. The van der Waals surface area contributed by atoms with E-state index in [2.05, 4.69) is 15.3 Å². The Balaban J connectivity index is 2.32. The zero-order chi connectivity index (χ0) is 20.0. The lowest BCUT2D eigenvalue weighted by molar-refractivity contribution is -0.136. The fourth-order valence-electron chi connectivity index (χ4n) is 2.04. The smallest absolute Gasteiger partial charge is 0.303 e. The van der Waals surface area contributed by atoms with Crippen molar-refractivity contribution in [1.29, 1.82) is 0 Å². The highest BCUT2D eigenvalue weighted by Crippen LogP contribution is 2.33. The summed E-state index contributed by atoms with van der Waals surface area (Å²) in [4.78, 5) is 23.0. The Morgan fingerprint density at radius 3 is 2.70 bits per heavy atom. The van der Waals surface area contributed by atoms with Crippen molar-refractivity contribution in [2.24, 2.45) is 5.10 Å². The van der Waals surface area contributed by atoms with Gasteiger partial charge in [-0.25, -0.2) is 0 Å². The zero-order valence-electron chi connectivity index (χ0n) is 14.2. The van der Waals surface area contributed by atoms with Gasteiger partial charge in [0.1, 0.15) is 5.69 Å². The van der Waals surface area contributed by atoms with Gasteiger partial charge in [0.05, 0.1) is 29.3 Å². The summed E-state index contributed by atoms with van der Waals surface area (Å²) in [6, 6.07) is 3.18. The molecule has 0 saturated carbocycles. The lowest BCUT2D eigenvalue weighted by atomic mass is 10.2. The number of nitrogens with zero attached hydrogens (tertiary/aromatic N) is 3. The highest BCUT2D eigenvalue weighted by molar-refractivity contribution is 7.71. The molecular formula is C16H16Cl2N4O4S. The highest BCUT2D eigenvalue weighted by atomic mass is 35.5. The number of aromatic nitrogens is 3. The van der Waals surface area contributed by atoms with E-state index < -0.39 is 11.5 Å². The standard InChI is InChI=1S/C16H16Cl2N4O4S/c1-2-5-26-14-10(17)6-9(7-11(14)18)8-19-22-15(25)12(3-4-13(23)24)20-21-16(22)27/h6-8H,2-5H2,1H3,(H,21,27)(H,23,24)/b19-8-. The minimum absolute atomic E-state index is 0.0162. The summed E-state index contributed by atoms with van der Waals surface area (Å²) in [6.45, 7) is 2.44. The van der Waals surface area contributed by atoms with Crippen molar-refractivity contribution >= 4 is 47.6 Å². The lowest BCUT2D eigenvalue weighted by Gasteiger charge is -2.09. The van der Waals surface area contributed by atoms with Crippen LogP contribution in [0.15, 0.2) is 22.0 Å². The number of benzene rings is 1. The van der Waals surface area contributed by atoms with Crippen molar-refractivity contribution in [3.63, 3.8) is 0 Å². The van der Waals surface area contributed by atoms with Crippen LogP contribution >= 0.6 is 35.4 Å². The summed E-state index contributed by atoms with van der Waals surface area (Å²) < 4.78 is 6.38. The van der Waals surface area contributed by atoms with Crippen LogP contribution in [-0.4, -0.2) is 38.8 Å². The van der Waals surface area contributed by atoms with Gasteiger partial charge in [0.15, 0.2) is 5.75 Å². The molecule has 0 fully saturated rings. The second-order valence-electron chi connectivity index (χ2n) is 5.39. The fraction of sp³-hybridized carbons (Fsp3) is 0.312. The van der Waals surface area contributed by atoms with E-state index in [4.69, 9.17) is 45.3 Å². The Hall–Kier alpha value is -2.23. The van der Waals surface area contributed by atoms with Gasteiger partial charge in [0.25, 0.3) is 5.56 Å². The van der Waals surface area contributed by atoms with Crippen LogP contribution < -0.4 is 10.3 Å². The first-order valence-electron chi connectivity index (χ1n) is 7.92. The number of halogens is 2. The maximum Gasteiger partial charge on any atom is 0.303 e. The summed E-state index contributed by atoms with van der Waals surface area (Å²) in [5.74, 6) is -0.657. The summed E-state index contributed by atoms with van der Waals surface area (Å²) in [5.41, 5.74) is -0.0575. The molecule has 1 aromatic heterocycles. The van der Waals surface area contributed by atoms with Crippen LogP contribution in [0.5, 0.6) is 5.75 Å². The number of hydrogen-bond acceptors (Lipinski definition) is 6. The number of hydrogen-bond donors (Lipinski definition) is 2. The van der Waals surface area contributed by atoms with E-state index in [1.54, 1.807) is 12.1 Å². The summed E-state index contributed by atoms with van der Waals surface area (Å²) >= 11 is 17.4. The van der Waals surface area contributed by atoms with Crippen LogP contribution in [0.2, 0.25) is 10.0 Å². The normalized spacial score (nSPS) is 11.1. The zero-order valence-corrected chi connectivity index (χ0v) is 16.6. The van der Waals surface area contributed by atoms with Crippen molar-refractivity contribution in [3.8, 4) is 5.75 Å². The minimum atomic E-state index is -1.04. The summed E-state index contributed by atoms with van der Waals surface area (Å²) in [5, 5.41) is 19.6. The second kappa shape index (κ2) is 9.63. The molecular weight excluding hydrogens is 415 g/mol. The van der Waals surface area contributed by atoms with E-state index in [1.807, 2.05) is 6.92 Å². The Morgan fingerprint density at radius 1 is 1.44 bits per heavy atom. The molecule has 2 N–H and O–H groups in total. The van der Waals surface area contributed by atoms with Crippen molar-refractivity contribution < 1.29 is 14.6 Å². The first-order chi connectivity index (χ1) is 12.8. The maximum atomic E-state index is 12.4. The van der Waals surface area contributed by atoms with Crippen LogP contribution in [0.25, 0.3) is 0 Å². The summed E-state index contributed by atoms with van der Waals surface area (Å²) in [6.07, 6.45) is 1.88. The SMILES string of the molecule is CCCOc1c(Cl)cc(/C=N\n2c(=S)[nH]nc(CCC(=O)O)c2=O)cc1Cl. The third kappa shape index (κ3) is 5.62. The Kier molecular flexibility index (Phi) is 7.52. The average Bonchev–Trinajstić information content (AvgIpc) is 2.60. The largest absolute Gasteiger partial charge is 0.490 e. The molecule has 2 rings (SSSR count). The molecule has 1 heterocycles. The van der Waals surface area contributed by atoms with Crippen LogP contribution in [0, 0.1) is 4.77 Å². The molecule has 0 radical (unpaired) electrons. The molecule has 1 aromatic carbocycles. The monoisotopic (exact) mass is 430 g/mol. The van der Waals surface area contributed by atoms with E-state index in [0.717, 1.165) is 11.1 Å². The Morgan fingerprint density at radius 2 is 2.11 bits per heavy atom. The third-order valence-corrected chi connectivity index (χ3v) is 4.11. The lowest BCUT2D eigenvalue weighted by Crippen LogP contribution is -2.25. The van der Waals surface area contributed by atoms with E-state index in [0.29, 0.717) is 28.0 Å². The molecule has 0 atom stereocenters. The Bertz CT molecular complexity index is 964. The number of aliphatic carboxylic acids is 1. The molecule has 0 saturated heterocycles. The number of carbonyl (C=O) groups is 1. The number of carboxylic acid groups (broad SMARTS) is 1. The fourth-order valence-corrected chi connectivity index (χ4v) is 2.83. The molecule has 0 bridgehead atoms. The van der Waals surface area contributed by atoms with Gasteiger partial charge < -0.3 is 9.84 Å². The molecule has 8 nitrogen and oxygen atoms in total. The van der Waals surface area contributed by atoms with Crippen molar-refractivity contribution in [1.82, 2.24) is 14.9 Å². The highest BCUT2D eigenvalue weighted by Gasteiger charge is 2.11. The van der Waals surface area contributed by atoms with Gasteiger partial charge in [0, 0.05) is 6.42 Å². The molecule has 11 heteroatoms. The van der Waals surface area contributed by atoms with Crippen LogP contribution in [0.4, 0.5) is 0 Å². The van der Waals surface area contributed by atoms with Crippen molar-refractivity contribution in [2.75, 3.05) is 6.61 Å². The topological polar surface area (TPSA) is 110 Å². The first kappa shape index (κ1) is 21.1. The number of H-pyrrole nitrogens is 1. The second-order valence-corrected chi connectivity index (χ2v) is 6.59. The third-order valence-electron chi connectivity index (χ3n) is 3.29. The minimum Gasteiger partial charge on any atom is -0.490 e. The number of carboxylic acids is 1. The molecule has 0 unspecified atom stereocenters. The Labute approximate surface area is 169 Å². The number of aromatic amines is 1. The summed E-state index contributed by atoms with van der Waals surface area (Å²) in [7, 11) is 0. The molecule has 144 valence electrons. The van der Waals surface area contributed by atoms with Gasteiger partial charge in [0.2, 0.25) is 4.77 Å². The van der Waals surface area contributed by atoms with E-state index >= 15 is 0 Å². The molecule has 0 aliphatic carbocycles. The van der Waals surface area contributed by atoms with Crippen LogP contribution in [0.3, 0.4) is 0 Å². The van der Waals surface area contributed by atoms with Crippen LogP contribution in [-0.2, 0) is 11.2 Å². The van der Waals surface area contributed by atoms with Gasteiger partial charge in [-0.05, 0) is 36.3 Å². The van der Waals surface area contributed by atoms with Gasteiger partial charge in [-0.1, -0.05) is 30.1 Å². The van der Waals surface area contributed by atoms with Gasteiger partial charge in [-0.2, -0.15) is 14.9 Å². The number of ether oxygens (including phenoxy) is 1. The molecule has 0 aliphatic rings. The van der Waals surface area contributed by atoms with Gasteiger partial charge in [-0.15, -0.1) is 0 Å². The predicted octanol–water partition coefficient (Wildman–Crippen LogP) is 3.30. The number of nitrogens with one attached hydrogen (secondary N) is 1. The quantitative estimate of drug-likeness (QED) is 0.490.